The minimum atomic E-state index is -0.863. The zero-order chi connectivity index (χ0) is 16.8. The molecular weight excluding hydrogens is 337 g/mol. The number of rotatable bonds is 6. The third-order valence-corrected chi connectivity index (χ3v) is 4.65. The minimum Gasteiger partial charge on any atom is -0.453 e. The van der Waals surface area contributed by atoms with Crippen LogP contribution in [0.15, 0.2) is 18.2 Å². The first kappa shape index (κ1) is 18.1. The fraction of sp³-hybridized carbons (Fsp3) is 0.529. The summed E-state index contributed by atoms with van der Waals surface area (Å²) in [5.74, 6) is -0.121. The molecule has 0 aliphatic heterocycles. The van der Waals surface area contributed by atoms with Crippen LogP contribution in [-0.2, 0) is 14.3 Å². The predicted molar refractivity (Wildman–Crippen MR) is 91.8 cm³/mol. The summed E-state index contributed by atoms with van der Waals surface area (Å²) in [4.78, 5) is 23.9. The minimum absolute atomic E-state index is 0.332. The Labute approximate surface area is 146 Å². The third-order valence-electron chi connectivity index (χ3n) is 4.10. The number of hydrogen-bond acceptors (Lipinski definition) is 3. The molecule has 1 saturated carbocycles. The van der Waals surface area contributed by atoms with Gasteiger partial charge in [0.1, 0.15) is 0 Å². The largest absolute Gasteiger partial charge is 0.453 e. The van der Waals surface area contributed by atoms with Crippen LogP contribution in [0.2, 0.25) is 10.0 Å². The fourth-order valence-corrected chi connectivity index (χ4v) is 3.21. The van der Waals surface area contributed by atoms with E-state index >= 15 is 0 Å². The molecule has 0 aromatic heterocycles. The van der Waals surface area contributed by atoms with Gasteiger partial charge in [0.15, 0.2) is 6.10 Å². The van der Waals surface area contributed by atoms with Crippen molar-refractivity contribution in [1.82, 2.24) is 0 Å². The van der Waals surface area contributed by atoms with Crippen molar-refractivity contribution in [3.63, 3.8) is 0 Å². The standard InChI is InChI=1S/C17H21Cl2NO3/c1-11(23-16(21)9-6-12-4-2-3-5-12)17(22)20-15-8-7-13(18)10-14(15)19/h7-8,10-12H,2-6,9H2,1H3,(H,20,22)/t11-/m1/s1. The Balaban J connectivity index is 1.78. The lowest BCUT2D eigenvalue weighted by Gasteiger charge is -2.15. The van der Waals surface area contributed by atoms with E-state index in [1.54, 1.807) is 19.1 Å². The maximum Gasteiger partial charge on any atom is 0.306 e. The molecule has 0 bridgehead atoms. The second-order valence-electron chi connectivity index (χ2n) is 5.93. The highest BCUT2D eigenvalue weighted by molar-refractivity contribution is 6.36. The summed E-state index contributed by atoms with van der Waals surface area (Å²) in [6.45, 7) is 1.55. The van der Waals surface area contributed by atoms with E-state index in [2.05, 4.69) is 5.32 Å². The molecule has 0 unspecified atom stereocenters. The molecule has 1 atom stereocenters. The normalized spacial score (nSPS) is 16.1. The molecule has 1 amide bonds. The lowest BCUT2D eigenvalue weighted by molar-refractivity contribution is -0.153. The van der Waals surface area contributed by atoms with Crippen molar-refractivity contribution in [3.8, 4) is 0 Å². The maximum absolute atomic E-state index is 12.1. The molecule has 0 radical (unpaired) electrons. The number of anilines is 1. The van der Waals surface area contributed by atoms with E-state index in [0.29, 0.717) is 28.1 Å². The molecule has 1 N–H and O–H groups in total. The number of halogens is 2. The van der Waals surface area contributed by atoms with Crippen LogP contribution in [0.3, 0.4) is 0 Å². The van der Waals surface area contributed by atoms with E-state index in [1.165, 1.54) is 31.7 Å². The maximum atomic E-state index is 12.1. The summed E-state index contributed by atoms with van der Waals surface area (Å²) in [6.07, 6.45) is 5.23. The summed E-state index contributed by atoms with van der Waals surface area (Å²) in [7, 11) is 0. The smallest absolute Gasteiger partial charge is 0.306 e. The Morgan fingerprint density at radius 1 is 1.30 bits per heavy atom. The second kappa shape index (κ2) is 8.55. The van der Waals surface area contributed by atoms with E-state index in [4.69, 9.17) is 27.9 Å². The molecule has 1 aliphatic rings. The van der Waals surface area contributed by atoms with Crippen LogP contribution < -0.4 is 5.32 Å². The van der Waals surface area contributed by atoms with Gasteiger partial charge in [-0.25, -0.2) is 0 Å². The van der Waals surface area contributed by atoms with Crippen molar-refractivity contribution >= 4 is 40.8 Å². The molecular formula is C17H21Cl2NO3. The van der Waals surface area contributed by atoms with Crippen LogP contribution in [0.5, 0.6) is 0 Å². The van der Waals surface area contributed by atoms with Gasteiger partial charge >= 0.3 is 5.97 Å². The van der Waals surface area contributed by atoms with Gasteiger partial charge in [-0.2, -0.15) is 0 Å². The van der Waals surface area contributed by atoms with Gasteiger partial charge < -0.3 is 10.1 Å². The summed E-state index contributed by atoms with van der Waals surface area (Å²) < 4.78 is 5.19. The Morgan fingerprint density at radius 2 is 2.00 bits per heavy atom. The molecule has 1 aliphatic carbocycles. The molecule has 1 aromatic carbocycles. The van der Waals surface area contributed by atoms with Crippen molar-refractivity contribution in [1.29, 1.82) is 0 Å². The number of carbonyl (C=O) groups excluding carboxylic acids is 2. The lowest BCUT2D eigenvalue weighted by Crippen LogP contribution is -2.30. The number of ether oxygens (including phenoxy) is 1. The Bertz CT molecular complexity index is 571. The van der Waals surface area contributed by atoms with Gasteiger partial charge in [-0.3, -0.25) is 9.59 Å². The van der Waals surface area contributed by atoms with Crippen LogP contribution in [0.25, 0.3) is 0 Å². The molecule has 0 heterocycles. The SMILES string of the molecule is C[C@@H](OC(=O)CCC1CCCC1)C(=O)Nc1ccc(Cl)cc1Cl. The van der Waals surface area contributed by atoms with E-state index in [-0.39, 0.29) is 5.97 Å². The van der Waals surface area contributed by atoms with Crippen LogP contribution in [0.1, 0.15) is 45.4 Å². The molecule has 6 heteroatoms. The predicted octanol–water partition coefficient (Wildman–Crippen LogP) is 4.83. The zero-order valence-electron chi connectivity index (χ0n) is 13.1. The first-order valence-electron chi connectivity index (χ1n) is 7.91. The van der Waals surface area contributed by atoms with Gasteiger partial charge in [-0.1, -0.05) is 48.9 Å². The number of nitrogens with one attached hydrogen (secondary N) is 1. The summed E-state index contributed by atoms with van der Waals surface area (Å²) in [6, 6.07) is 4.77. The average molecular weight is 358 g/mol. The van der Waals surface area contributed by atoms with Gasteiger partial charge in [-0.05, 0) is 37.5 Å². The van der Waals surface area contributed by atoms with E-state index in [1.807, 2.05) is 0 Å². The van der Waals surface area contributed by atoms with Gasteiger partial charge in [-0.15, -0.1) is 0 Å². The highest BCUT2D eigenvalue weighted by atomic mass is 35.5. The number of hydrogen-bond donors (Lipinski definition) is 1. The van der Waals surface area contributed by atoms with Crippen LogP contribution >= 0.6 is 23.2 Å². The fourth-order valence-electron chi connectivity index (χ4n) is 2.76. The molecule has 4 nitrogen and oxygen atoms in total. The number of benzene rings is 1. The lowest BCUT2D eigenvalue weighted by atomic mass is 10.0. The van der Waals surface area contributed by atoms with Gasteiger partial charge in [0.05, 0.1) is 10.7 Å². The van der Waals surface area contributed by atoms with Crippen LogP contribution in [0, 0.1) is 5.92 Å². The summed E-state index contributed by atoms with van der Waals surface area (Å²) in [5.41, 5.74) is 0.440. The Hall–Kier alpha value is -1.26. The molecule has 23 heavy (non-hydrogen) atoms. The molecule has 0 spiro atoms. The number of esters is 1. The van der Waals surface area contributed by atoms with Crippen LogP contribution in [-0.4, -0.2) is 18.0 Å². The van der Waals surface area contributed by atoms with E-state index in [0.717, 1.165) is 6.42 Å². The van der Waals surface area contributed by atoms with Crippen molar-refractivity contribution in [2.24, 2.45) is 5.92 Å². The van der Waals surface area contributed by atoms with Crippen molar-refractivity contribution < 1.29 is 14.3 Å². The highest BCUT2D eigenvalue weighted by Crippen LogP contribution is 2.29. The van der Waals surface area contributed by atoms with Crippen molar-refractivity contribution in [3.05, 3.63) is 28.2 Å². The first-order valence-corrected chi connectivity index (χ1v) is 8.66. The topological polar surface area (TPSA) is 55.4 Å². The molecule has 2 rings (SSSR count). The Kier molecular flexibility index (Phi) is 6.72. The first-order chi connectivity index (χ1) is 11.0. The zero-order valence-corrected chi connectivity index (χ0v) is 14.6. The van der Waals surface area contributed by atoms with Gasteiger partial charge in [0.25, 0.3) is 5.91 Å². The van der Waals surface area contributed by atoms with Gasteiger partial charge in [0, 0.05) is 11.4 Å². The summed E-state index contributed by atoms with van der Waals surface area (Å²) >= 11 is 11.8. The van der Waals surface area contributed by atoms with Crippen LogP contribution in [0.4, 0.5) is 5.69 Å². The monoisotopic (exact) mass is 357 g/mol. The quantitative estimate of drug-likeness (QED) is 0.741. The second-order valence-corrected chi connectivity index (χ2v) is 6.78. The summed E-state index contributed by atoms with van der Waals surface area (Å²) in [5, 5.41) is 3.46. The molecule has 1 aromatic rings. The van der Waals surface area contributed by atoms with Gasteiger partial charge in [0.2, 0.25) is 0 Å². The van der Waals surface area contributed by atoms with Crippen molar-refractivity contribution in [2.45, 2.75) is 51.6 Å². The van der Waals surface area contributed by atoms with E-state index < -0.39 is 12.0 Å². The molecule has 126 valence electrons. The third kappa shape index (κ3) is 5.70. The van der Waals surface area contributed by atoms with Crippen molar-refractivity contribution in [2.75, 3.05) is 5.32 Å². The molecule has 1 fully saturated rings. The average Bonchev–Trinajstić information content (AvgIpc) is 3.01. The molecule has 0 saturated heterocycles. The highest BCUT2D eigenvalue weighted by Gasteiger charge is 2.21. The number of amides is 1. The Morgan fingerprint density at radius 3 is 2.65 bits per heavy atom. The number of carbonyl (C=O) groups is 2. The van der Waals surface area contributed by atoms with E-state index in [9.17, 15) is 9.59 Å².